The van der Waals surface area contributed by atoms with E-state index in [-0.39, 0.29) is 18.4 Å². The van der Waals surface area contributed by atoms with Gasteiger partial charge in [0.2, 0.25) is 0 Å². The van der Waals surface area contributed by atoms with Crippen LogP contribution in [0.2, 0.25) is 0 Å². The summed E-state index contributed by atoms with van der Waals surface area (Å²) in [6.07, 6.45) is 1.18. The summed E-state index contributed by atoms with van der Waals surface area (Å²) in [5.41, 5.74) is 1.56. The van der Waals surface area contributed by atoms with Crippen molar-refractivity contribution >= 4 is 17.7 Å². The lowest BCUT2D eigenvalue weighted by atomic mass is 10.1. The highest BCUT2D eigenvalue weighted by Gasteiger charge is 2.35. The smallest absolute Gasteiger partial charge is 0.324 e. The lowest BCUT2D eigenvalue weighted by Crippen LogP contribution is -2.41. The Kier molecular flexibility index (Phi) is 3.08. The average Bonchev–Trinajstić information content (AvgIpc) is 3.04. The normalized spacial score (nSPS) is 21.1. The number of carboxylic acids is 1. The molecule has 2 amide bonds. The molecule has 1 atom stereocenters. The van der Waals surface area contributed by atoms with E-state index in [1.807, 2.05) is 0 Å². The summed E-state index contributed by atoms with van der Waals surface area (Å²) in [6.45, 7) is 1.19. The first-order chi connectivity index (χ1) is 9.56. The van der Waals surface area contributed by atoms with Crippen LogP contribution in [0.3, 0.4) is 0 Å². The Hall–Kier alpha value is -2.11. The van der Waals surface area contributed by atoms with E-state index < -0.39 is 11.9 Å². The van der Waals surface area contributed by atoms with Gasteiger partial charge in [-0.05, 0) is 30.5 Å². The first kappa shape index (κ1) is 12.9. The minimum Gasteiger partial charge on any atom is -0.481 e. The van der Waals surface area contributed by atoms with Gasteiger partial charge in [-0.3, -0.25) is 9.69 Å². The first-order valence-corrected chi connectivity index (χ1v) is 6.64. The van der Waals surface area contributed by atoms with E-state index >= 15 is 0 Å². The van der Waals surface area contributed by atoms with Crippen LogP contribution < -0.4 is 4.90 Å². The maximum absolute atomic E-state index is 13.3. The third-order valence-electron chi connectivity index (χ3n) is 3.98. The number of nitrogens with zero attached hydrogens (tertiary/aromatic N) is 2. The van der Waals surface area contributed by atoms with Crippen molar-refractivity contribution in [1.82, 2.24) is 4.90 Å². The zero-order chi connectivity index (χ0) is 14.3. The van der Waals surface area contributed by atoms with Gasteiger partial charge in [-0.2, -0.15) is 0 Å². The highest BCUT2D eigenvalue weighted by Crippen LogP contribution is 2.30. The molecule has 3 rings (SSSR count). The molecule has 1 aromatic carbocycles. The van der Waals surface area contributed by atoms with E-state index in [1.54, 1.807) is 15.9 Å². The number of halogens is 1. The van der Waals surface area contributed by atoms with Crippen molar-refractivity contribution < 1.29 is 19.1 Å². The van der Waals surface area contributed by atoms with Crippen molar-refractivity contribution in [3.8, 4) is 0 Å². The number of fused-ring (bicyclic) bond motifs is 1. The molecule has 106 valence electrons. The number of aliphatic carboxylic acids is 1. The van der Waals surface area contributed by atoms with Crippen LogP contribution in [0, 0.1) is 11.7 Å². The van der Waals surface area contributed by atoms with Crippen molar-refractivity contribution in [2.45, 2.75) is 12.8 Å². The molecule has 0 radical (unpaired) electrons. The molecule has 2 aliphatic heterocycles. The Morgan fingerprint density at radius 2 is 2.10 bits per heavy atom. The van der Waals surface area contributed by atoms with Gasteiger partial charge in [-0.15, -0.1) is 0 Å². The summed E-state index contributed by atoms with van der Waals surface area (Å²) in [6, 6.07) is 4.23. The molecular weight excluding hydrogens is 263 g/mol. The number of hydrogen-bond acceptors (Lipinski definition) is 2. The number of benzene rings is 1. The number of likely N-dealkylation sites (tertiary alicyclic amines) is 1. The molecule has 1 fully saturated rings. The van der Waals surface area contributed by atoms with Crippen LogP contribution in [0.5, 0.6) is 0 Å². The van der Waals surface area contributed by atoms with Crippen LogP contribution in [0.1, 0.15) is 12.0 Å². The molecule has 2 heterocycles. The topological polar surface area (TPSA) is 60.9 Å². The summed E-state index contributed by atoms with van der Waals surface area (Å²) < 4.78 is 13.3. The van der Waals surface area contributed by atoms with Crippen LogP contribution in [0.25, 0.3) is 0 Å². The van der Waals surface area contributed by atoms with Crippen LogP contribution in [-0.4, -0.2) is 41.6 Å². The van der Waals surface area contributed by atoms with Gasteiger partial charge in [0.1, 0.15) is 5.82 Å². The van der Waals surface area contributed by atoms with Gasteiger partial charge in [-0.1, -0.05) is 6.07 Å². The maximum Gasteiger partial charge on any atom is 0.324 e. The second kappa shape index (κ2) is 4.77. The minimum atomic E-state index is -0.867. The summed E-state index contributed by atoms with van der Waals surface area (Å²) in [5.74, 6) is -1.73. The molecule has 1 saturated heterocycles. The largest absolute Gasteiger partial charge is 0.481 e. The number of rotatable bonds is 1. The molecule has 0 bridgehead atoms. The number of carboxylic acid groups (broad SMARTS) is 1. The molecule has 0 saturated carbocycles. The van der Waals surface area contributed by atoms with E-state index in [2.05, 4.69) is 0 Å². The Morgan fingerprint density at radius 3 is 2.80 bits per heavy atom. The molecule has 6 heteroatoms. The van der Waals surface area contributed by atoms with Crippen LogP contribution >= 0.6 is 0 Å². The predicted octanol–water partition coefficient (Wildman–Crippen LogP) is 1.71. The molecule has 0 aromatic heterocycles. The van der Waals surface area contributed by atoms with E-state index in [9.17, 15) is 14.0 Å². The second-order valence-electron chi connectivity index (χ2n) is 5.23. The van der Waals surface area contributed by atoms with Gasteiger partial charge < -0.3 is 10.0 Å². The fourth-order valence-electron chi connectivity index (χ4n) is 2.86. The maximum atomic E-state index is 13.3. The summed E-state index contributed by atoms with van der Waals surface area (Å²) in [4.78, 5) is 26.4. The quantitative estimate of drug-likeness (QED) is 0.850. The second-order valence-corrected chi connectivity index (χ2v) is 5.23. The lowest BCUT2D eigenvalue weighted by molar-refractivity contribution is -0.141. The molecule has 2 aliphatic rings. The van der Waals surface area contributed by atoms with Crippen molar-refractivity contribution in [2.75, 3.05) is 24.5 Å². The van der Waals surface area contributed by atoms with Gasteiger partial charge in [0.25, 0.3) is 0 Å². The zero-order valence-corrected chi connectivity index (χ0v) is 10.9. The number of carbonyl (C=O) groups excluding carboxylic acids is 1. The highest BCUT2D eigenvalue weighted by atomic mass is 19.1. The molecule has 1 N–H and O–H groups in total. The molecule has 1 aromatic rings. The van der Waals surface area contributed by atoms with Crippen molar-refractivity contribution in [3.05, 3.63) is 29.6 Å². The molecule has 5 nitrogen and oxygen atoms in total. The van der Waals surface area contributed by atoms with Gasteiger partial charge >= 0.3 is 12.0 Å². The Morgan fingerprint density at radius 1 is 1.30 bits per heavy atom. The predicted molar refractivity (Wildman–Crippen MR) is 70.2 cm³/mol. The Balaban J connectivity index is 1.77. The van der Waals surface area contributed by atoms with Gasteiger partial charge in [0.05, 0.1) is 11.6 Å². The monoisotopic (exact) mass is 278 g/mol. The standard InChI is InChI=1S/C14H15FN2O3/c15-11-2-1-9-4-6-17(12(9)7-11)14(20)16-5-3-10(8-16)13(18)19/h1-2,7,10H,3-6,8H2,(H,18,19). The third kappa shape index (κ3) is 2.11. The van der Waals surface area contributed by atoms with Gasteiger partial charge in [-0.25, -0.2) is 9.18 Å². The van der Waals surface area contributed by atoms with Crippen LogP contribution in [0.15, 0.2) is 18.2 Å². The molecule has 1 unspecified atom stereocenters. The van der Waals surface area contributed by atoms with Gasteiger partial charge in [0, 0.05) is 19.6 Å². The summed E-state index contributed by atoms with van der Waals surface area (Å²) in [7, 11) is 0. The minimum absolute atomic E-state index is 0.224. The number of amides is 2. The zero-order valence-electron chi connectivity index (χ0n) is 10.9. The van der Waals surface area contributed by atoms with E-state index in [1.165, 1.54) is 12.1 Å². The van der Waals surface area contributed by atoms with E-state index in [0.29, 0.717) is 31.6 Å². The fourth-order valence-corrected chi connectivity index (χ4v) is 2.86. The highest BCUT2D eigenvalue weighted by molar-refractivity contribution is 5.94. The lowest BCUT2D eigenvalue weighted by Gasteiger charge is -2.24. The van der Waals surface area contributed by atoms with Crippen molar-refractivity contribution in [2.24, 2.45) is 5.92 Å². The molecule has 0 spiro atoms. The Bertz CT molecular complexity index is 576. The Labute approximate surface area is 115 Å². The number of carbonyl (C=O) groups is 2. The molecule has 20 heavy (non-hydrogen) atoms. The average molecular weight is 278 g/mol. The molecule has 0 aliphatic carbocycles. The summed E-state index contributed by atoms with van der Waals surface area (Å²) in [5, 5.41) is 8.97. The van der Waals surface area contributed by atoms with E-state index in [0.717, 1.165) is 5.56 Å². The van der Waals surface area contributed by atoms with E-state index in [4.69, 9.17) is 5.11 Å². The number of urea groups is 1. The number of anilines is 1. The molecular formula is C14H15FN2O3. The van der Waals surface area contributed by atoms with Crippen molar-refractivity contribution in [3.63, 3.8) is 0 Å². The van der Waals surface area contributed by atoms with Crippen LogP contribution in [0.4, 0.5) is 14.9 Å². The first-order valence-electron chi connectivity index (χ1n) is 6.64. The van der Waals surface area contributed by atoms with Crippen molar-refractivity contribution in [1.29, 1.82) is 0 Å². The van der Waals surface area contributed by atoms with Crippen LogP contribution in [-0.2, 0) is 11.2 Å². The number of hydrogen-bond donors (Lipinski definition) is 1. The SMILES string of the molecule is O=C(O)C1CCN(C(=O)N2CCc3ccc(F)cc32)C1. The van der Waals surface area contributed by atoms with Gasteiger partial charge in [0.15, 0.2) is 0 Å². The fraction of sp³-hybridized carbons (Fsp3) is 0.429. The third-order valence-corrected chi connectivity index (χ3v) is 3.98. The summed E-state index contributed by atoms with van der Waals surface area (Å²) >= 11 is 0.